The van der Waals surface area contributed by atoms with E-state index >= 15 is 0 Å². The van der Waals surface area contributed by atoms with Crippen molar-refractivity contribution in [2.45, 2.75) is 32.0 Å². The fourth-order valence-electron chi connectivity index (χ4n) is 4.36. The molecule has 1 N–H and O–H groups in total. The number of aliphatic hydroxyl groups is 1. The van der Waals surface area contributed by atoms with Crippen LogP contribution in [0.5, 0.6) is 5.75 Å². The molecule has 1 fully saturated rings. The fourth-order valence-corrected chi connectivity index (χ4v) is 4.36. The van der Waals surface area contributed by atoms with Crippen LogP contribution in [0.25, 0.3) is 5.76 Å². The molecule has 0 unspecified atom stereocenters. The molecule has 0 saturated carbocycles. The van der Waals surface area contributed by atoms with Gasteiger partial charge in [-0.1, -0.05) is 18.2 Å². The Hall–Kier alpha value is -3.87. The highest BCUT2D eigenvalue weighted by Crippen LogP contribution is 2.42. The second-order valence-corrected chi connectivity index (χ2v) is 7.98. The summed E-state index contributed by atoms with van der Waals surface area (Å²) in [5.41, 5.74) is 1.24. The minimum atomic E-state index is -1.09. The van der Waals surface area contributed by atoms with E-state index in [1.807, 2.05) is 6.92 Å². The van der Waals surface area contributed by atoms with E-state index in [1.54, 1.807) is 36.4 Å². The molecular weight excluding hydrogens is 413 g/mol. The Morgan fingerprint density at radius 3 is 2.72 bits per heavy atom. The molecule has 7 heteroatoms. The summed E-state index contributed by atoms with van der Waals surface area (Å²) in [6.45, 7) is 1.90. The molecule has 162 valence electrons. The molecular formula is C25H20FNO5. The number of benzene rings is 2. The number of likely N-dealkylation sites (tertiary alicyclic amines) is 1. The van der Waals surface area contributed by atoms with Gasteiger partial charge >= 0.3 is 0 Å². The first-order chi connectivity index (χ1) is 15.4. The summed E-state index contributed by atoms with van der Waals surface area (Å²) in [5.74, 6) is -1.46. The summed E-state index contributed by atoms with van der Waals surface area (Å²) in [6.07, 6.45) is 2.14. The number of carbonyl (C=O) groups is 2. The number of Topliss-reactive ketones (excluding diaryl/α,β-unsaturated/α-hetero) is 1. The number of ether oxygens (including phenoxy) is 1. The summed E-state index contributed by atoms with van der Waals surface area (Å²) in [4.78, 5) is 27.2. The van der Waals surface area contributed by atoms with Gasteiger partial charge in [-0.15, -0.1) is 0 Å². The van der Waals surface area contributed by atoms with Gasteiger partial charge in [-0.2, -0.15) is 0 Å². The molecule has 2 aromatic carbocycles. The van der Waals surface area contributed by atoms with Crippen molar-refractivity contribution in [2.24, 2.45) is 0 Å². The Morgan fingerprint density at radius 2 is 1.97 bits per heavy atom. The van der Waals surface area contributed by atoms with Gasteiger partial charge < -0.3 is 19.2 Å². The molecule has 6 nitrogen and oxygen atoms in total. The van der Waals surface area contributed by atoms with Gasteiger partial charge in [-0.3, -0.25) is 9.59 Å². The molecule has 5 rings (SSSR count). The SMILES string of the molecule is C[C@@H]1Cc2cc(/C(O)=C3\C(=O)C(=O)N(Cc4ccco4)[C@@H]3c3ccccc3F)ccc2O1. The largest absolute Gasteiger partial charge is 0.507 e. The lowest BCUT2D eigenvalue weighted by Gasteiger charge is -2.24. The Morgan fingerprint density at radius 1 is 1.16 bits per heavy atom. The molecule has 2 aliphatic heterocycles. The standard InChI is InChI=1S/C25H20FNO5/c1-14-11-16-12-15(8-9-20(16)32-14)23(28)21-22(18-6-2-3-7-19(18)26)27(25(30)24(21)29)13-17-5-4-10-31-17/h2-10,12,14,22,28H,11,13H2,1H3/b23-21+/t14-,22-/m1/s1. The molecule has 0 bridgehead atoms. The van der Waals surface area contributed by atoms with Crippen LogP contribution in [0, 0.1) is 5.82 Å². The molecule has 32 heavy (non-hydrogen) atoms. The number of carbonyl (C=O) groups excluding carboxylic acids is 2. The molecule has 2 aliphatic rings. The summed E-state index contributed by atoms with van der Waals surface area (Å²) in [5, 5.41) is 11.2. The summed E-state index contributed by atoms with van der Waals surface area (Å²) in [7, 11) is 0. The minimum absolute atomic E-state index is 0.0136. The number of ketones is 1. The van der Waals surface area contributed by atoms with E-state index < -0.39 is 23.5 Å². The second kappa shape index (κ2) is 7.67. The number of fused-ring (bicyclic) bond motifs is 1. The van der Waals surface area contributed by atoms with Gasteiger partial charge in [0.2, 0.25) is 0 Å². The second-order valence-electron chi connectivity index (χ2n) is 7.98. The van der Waals surface area contributed by atoms with Crippen LogP contribution in [0.1, 0.15) is 35.4 Å². The van der Waals surface area contributed by atoms with E-state index in [-0.39, 0.29) is 29.5 Å². The van der Waals surface area contributed by atoms with Crippen molar-refractivity contribution in [3.8, 4) is 5.75 Å². The molecule has 0 spiro atoms. The zero-order valence-electron chi connectivity index (χ0n) is 17.2. The van der Waals surface area contributed by atoms with Crippen molar-refractivity contribution >= 4 is 17.4 Å². The topological polar surface area (TPSA) is 80.0 Å². The van der Waals surface area contributed by atoms with E-state index in [9.17, 15) is 19.1 Å². The number of amides is 1. The Labute approximate surface area is 183 Å². The molecule has 1 saturated heterocycles. The number of hydrogen-bond donors (Lipinski definition) is 1. The third-order valence-corrected chi connectivity index (χ3v) is 5.82. The zero-order valence-corrected chi connectivity index (χ0v) is 17.2. The Kier molecular flexibility index (Phi) is 4.81. The third-order valence-electron chi connectivity index (χ3n) is 5.82. The molecule has 3 heterocycles. The number of rotatable bonds is 4. The van der Waals surface area contributed by atoms with Crippen LogP contribution in [0.3, 0.4) is 0 Å². The number of halogens is 1. The minimum Gasteiger partial charge on any atom is -0.507 e. The first-order valence-corrected chi connectivity index (χ1v) is 10.3. The maximum absolute atomic E-state index is 14.8. The van der Waals surface area contributed by atoms with Gasteiger partial charge in [-0.05, 0) is 48.9 Å². The van der Waals surface area contributed by atoms with Crippen molar-refractivity contribution in [1.82, 2.24) is 4.90 Å². The fraction of sp³-hybridized carbons (Fsp3) is 0.200. The predicted octanol–water partition coefficient (Wildman–Crippen LogP) is 4.36. The third kappa shape index (κ3) is 3.26. The van der Waals surface area contributed by atoms with Crippen molar-refractivity contribution in [1.29, 1.82) is 0 Å². The Bertz CT molecular complexity index is 1250. The van der Waals surface area contributed by atoms with Gasteiger partial charge in [0.05, 0.1) is 24.4 Å². The smallest absolute Gasteiger partial charge is 0.296 e. The van der Waals surface area contributed by atoms with Gasteiger partial charge in [0.25, 0.3) is 11.7 Å². The molecule has 0 radical (unpaired) electrons. The van der Waals surface area contributed by atoms with Crippen LogP contribution in [0.2, 0.25) is 0 Å². The van der Waals surface area contributed by atoms with Crippen molar-refractivity contribution in [2.75, 3.05) is 0 Å². The van der Waals surface area contributed by atoms with E-state index in [2.05, 4.69) is 0 Å². The lowest BCUT2D eigenvalue weighted by molar-refractivity contribution is -0.140. The molecule has 1 amide bonds. The summed E-state index contributed by atoms with van der Waals surface area (Å²) >= 11 is 0. The maximum atomic E-state index is 14.8. The highest BCUT2D eigenvalue weighted by Gasteiger charge is 2.47. The van der Waals surface area contributed by atoms with Gasteiger partial charge in [0, 0.05) is 17.5 Å². The molecule has 3 aromatic rings. The van der Waals surface area contributed by atoms with Crippen LogP contribution < -0.4 is 4.74 Å². The number of aliphatic hydroxyl groups excluding tert-OH is 1. The predicted molar refractivity (Wildman–Crippen MR) is 113 cm³/mol. The molecule has 2 atom stereocenters. The molecule has 1 aromatic heterocycles. The monoisotopic (exact) mass is 433 g/mol. The Balaban J connectivity index is 1.65. The van der Waals surface area contributed by atoms with Gasteiger partial charge in [0.15, 0.2) is 0 Å². The highest BCUT2D eigenvalue weighted by atomic mass is 19.1. The molecule has 0 aliphatic carbocycles. The maximum Gasteiger partial charge on any atom is 0.296 e. The van der Waals surface area contributed by atoms with Crippen LogP contribution in [0.4, 0.5) is 4.39 Å². The first kappa shape index (κ1) is 20.1. The number of nitrogens with zero attached hydrogens (tertiary/aromatic N) is 1. The number of furan rings is 1. The lowest BCUT2D eigenvalue weighted by atomic mass is 9.94. The van der Waals surface area contributed by atoms with Crippen LogP contribution in [-0.2, 0) is 22.6 Å². The first-order valence-electron chi connectivity index (χ1n) is 10.3. The van der Waals surface area contributed by atoms with Crippen LogP contribution in [-0.4, -0.2) is 27.8 Å². The van der Waals surface area contributed by atoms with E-state index in [4.69, 9.17) is 9.15 Å². The lowest BCUT2D eigenvalue weighted by Crippen LogP contribution is -2.29. The zero-order chi connectivity index (χ0) is 22.4. The van der Waals surface area contributed by atoms with E-state index in [0.717, 1.165) is 11.3 Å². The summed E-state index contributed by atoms with van der Waals surface area (Å²) < 4.78 is 25.9. The van der Waals surface area contributed by atoms with Crippen molar-refractivity contribution < 1.29 is 28.2 Å². The van der Waals surface area contributed by atoms with Gasteiger partial charge in [-0.25, -0.2) is 4.39 Å². The van der Waals surface area contributed by atoms with E-state index in [0.29, 0.717) is 17.7 Å². The quantitative estimate of drug-likeness (QED) is 0.376. The number of hydrogen-bond acceptors (Lipinski definition) is 5. The van der Waals surface area contributed by atoms with Crippen LogP contribution >= 0.6 is 0 Å². The van der Waals surface area contributed by atoms with E-state index in [1.165, 1.54) is 29.4 Å². The van der Waals surface area contributed by atoms with Crippen molar-refractivity contribution in [3.05, 3.63) is 94.7 Å². The normalized spacial score (nSPS) is 21.6. The van der Waals surface area contributed by atoms with Gasteiger partial charge in [0.1, 0.15) is 29.2 Å². The highest BCUT2D eigenvalue weighted by molar-refractivity contribution is 6.46. The van der Waals surface area contributed by atoms with Crippen molar-refractivity contribution in [3.63, 3.8) is 0 Å². The van der Waals surface area contributed by atoms with Crippen LogP contribution in [0.15, 0.2) is 70.9 Å². The average molecular weight is 433 g/mol. The summed E-state index contributed by atoms with van der Waals surface area (Å²) in [6, 6.07) is 13.3. The average Bonchev–Trinajstić information content (AvgIpc) is 3.48.